The van der Waals surface area contributed by atoms with Crippen molar-refractivity contribution in [2.75, 3.05) is 0 Å². The van der Waals surface area contributed by atoms with Crippen molar-refractivity contribution < 1.29 is 13.2 Å². The maximum atomic E-state index is 13.3. The van der Waals surface area contributed by atoms with E-state index in [0.29, 0.717) is 5.56 Å². The zero-order valence-electron chi connectivity index (χ0n) is 7.59. The van der Waals surface area contributed by atoms with Crippen molar-refractivity contribution in [1.82, 2.24) is 10.2 Å². The predicted octanol–water partition coefficient (Wildman–Crippen LogP) is 2.98. The van der Waals surface area contributed by atoms with Crippen molar-refractivity contribution in [3.63, 3.8) is 0 Å². The van der Waals surface area contributed by atoms with Crippen LogP contribution in [0.3, 0.4) is 0 Å². The molecule has 0 N–H and O–H groups in total. The molecule has 15 heavy (non-hydrogen) atoms. The molecule has 1 aromatic heterocycles. The van der Waals surface area contributed by atoms with E-state index in [-0.39, 0.29) is 16.8 Å². The lowest BCUT2D eigenvalue weighted by Crippen LogP contribution is -1.90. The van der Waals surface area contributed by atoms with Gasteiger partial charge in [-0.3, -0.25) is 0 Å². The van der Waals surface area contributed by atoms with E-state index in [1.807, 2.05) is 0 Å². The highest BCUT2D eigenvalue weighted by atomic mass is 35.5. The highest BCUT2D eigenvalue weighted by Gasteiger charge is 2.14. The summed E-state index contributed by atoms with van der Waals surface area (Å²) in [6.45, 7) is 1.51. The molecule has 0 amide bonds. The summed E-state index contributed by atoms with van der Waals surface area (Å²) in [6, 6.07) is 2.05. The Balaban J connectivity index is 2.58. The van der Waals surface area contributed by atoms with Crippen molar-refractivity contribution in [1.29, 1.82) is 0 Å². The summed E-state index contributed by atoms with van der Waals surface area (Å²) in [5.74, 6) is -1.46. The zero-order valence-corrected chi connectivity index (χ0v) is 8.35. The molecular formula is C9H5ClF2N2O. The number of hydrogen-bond acceptors (Lipinski definition) is 3. The van der Waals surface area contributed by atoms with Crippen molar-refractivity contribution in [3.05, 3.63) is 34.7 Å². The Morgan fingerprint density at radius 2 is 1.93 bits per heavy atom. The van der Waals surface area contributed by atoms with Crippen molar-refractivity contribution in [2.45, 2.75) is 6.92 Å². The standard InChI is InChI=1S/C9H5ClF2N2O/c1-4-2-5(7(12)3-6(4)11)8-13-14-9(10)15-8/h2-3H,1H3. The van der Waals surface area contributed by atoms with Crippen LogP contribution in [0.15, 0.2) is 16.5 Å². The molecule has 0 aliphatic carbocycles. The lowest BCUT2D eigenvalue weighted by atomic mass is 10.1. The Hall–Kier alpha value is -1.49. The molecule has 6 heteroatoms. The quantitative estimate of drug-likeness (QED) is 0.756. The van der Waals surface area contributed by atoms with Gasteiger partial charge in [0.25, 0.3) is 5.89 Å². The van der Waals surface area contributed by atoms with Crippen LogP contribution >= 0.6 is 11.6 Å². The molecular weight excluding hydrogens is 226 g/mol. The van der Waals surface area contributed by atoms with Crippen LogP contribution in [0, 0.1) is 18.6 Å². The first-order chi connectivity index (χ1) is 7.08. The third-order valence-corrected chi connectivity index (χ3v) is 2.03. The van der Waals surface area contributed by atoms with Gasteiger partial charge in [-0.15, -0.1) is 5.10 Å². The van der Waals surface area contributed by atoms with E-state index in [1.54, 1.807) is 0 Å². The molecule has 3 nitrogen and oxygen atoms in total. The first kappa shape index (κ1) is 10.0. The van der Waals surface area contributed by atoms with Gasteiger partial charge in [-0.1, -0.05) is 5.10 Å². The van der Waals surface area contributed by atoms with E-state index in [0.717, 1.165) is 6.07 Å². The van der Waals surface area contributed by atoms with Gasteiger partial charge in [0, 0.05) is 6.07 Å². The van der Waals surface area contributed by atoms with E-state index in [2.05, 4.69) is 10.2 Å². The van der Waals surface area contributed by atoms with Crippen LogP contribution in [-0.4, -0.2) is 10.2 Å². The predicted molar refractivity (Wildman–Crippen MR) is 49.4 cm³/mol. The van der Waals surface area contributed by atoms with E-state index in [4.69, 9.17) is 16.0 Å². The Kier molecular flexibility index (Phi) is 2.40. The van der Waals surface area contributed by atoms with Crippen LogP contribution in [0.2, 0.25) is 5.35 Å². The molecule has 0 bridgehead atoms. The Morgan fingerprint density at radius 3 is 2.53 bits per heavy atom. The third kappa shape index (κ3) is 1.83. The molecule has 1 heterocycles. The zero-order chi connectivity index (χ0) is 11.0. The molecule has 0 saturated carbocycles. The number of aromatic nitrogens is 2. The molecule has 0 fully saturated rings. The molecule has 2 aromatic rings. The average molecular weight is 231 g/mol. The average Bonchev–Trinajstić information content (AvgIpc) is 2.58. The number of rotatable bonds is 1. The number of aryl methyl sites for hydroxylation is 1. The smallest absolute Gasteiger partial charge is 0.313 e. The van der Waals surface area contributed by atoms with Gasteiger partial charge in [0.1, 0.15) is 11.6 Å². The lowest BCUT2D eigenvalue weighted by molar-refractivity contribution is 0.551. The molecule has 0 radical (unpaired) electrons. The fourth-order valence-electron chi connectivity index (χ4n) is 1.14. The summed E-state index contributed by atoms with van der Waals surface area (Å²) in [5, 5.41) is 6.69. The molecule has 0 spiro atoms. The topological polar surface area (TPSA) is 38.9 Å². The van der Waals surface area contributed by atoms with Gasteiger partial charge in [0.2, 0.25) is 0 Å². The fourth-order valence-corrected chi connectivity index (χ4v) is 1.25. The Bertz CT molecular complexity index is 513. The summed E-state index contributed by atoms with van der Waals surface area (Å²) < 4.78 is 31.1. The summed E-state index contributed by atoms with van der Waals surface area (Å²) >= 11 is 5.40. The van der Waals surface area contributed by atoms with Gasteiger partial charge in [0.05, 0.1) is 5.56 Å². The molecule has 0 aliphatic rings. The molecule has 0 saturated heterocycles. The summed E-state index contributed by atoms with van der Waals surface area (Å²) in [7, 11) is 0. The van der Waals surface area contributed by atoms with Crippen molar-refractivity contribution in [3.8, 4) is 11.5 Å². The van der Waals surface area contributed by atoms with E-state index in [1.165, 1.54) is 13.0 Å². The molecule has 2 rings (SSSR count). The van der Waals surface area contributed by atoms with Crippen LogP contribution in [0.5, 0.6) is 0 Å². The van der Waals surface area contributed by atoms with Crippen LogP contribution < -0.4 is 0 Å². The van der Waals surface area contributed by atoms with Crippen LogP contribution in [0.4, 0.5) is 8.78 Å². The molecule has 1 aromatic carbocycles. The van der Waals surface area contributed by atoms with Gasteiger partial charge in [-0.05, 0) is 30.2 Å². The summed E-state index contributed by atoms with van der Waals surface area (Å²) in [6.07, 6.45) is 0. The van der Waals surface area contributed by atoms with Crippen molar-refractivity contribution in [2.24, 2.45) is 0 Å². The molecule has 0 atom stereocenters. The highest BCUT2D eigenvalue weighted by molar-refractivity contribution is 6.27. The number of halogens is 3. The van der Waals surface area contributed by atoms with E-state index < -0.39 is 11.6 Å². The van der Waals surface area contributed by atoms with Crippen LogP contribution in [0.25, 0.3) is 11.5 Å². The minimum Gasteiger partial charge on any atom is -0.407 e. The first-order valence-electron chi connectivity index (χ1n) is 4.03. The second-order valence-corrected chi connectivity index (χ2v) is 3.26. The van der Waals surface area contributed by atoms with Gasteiger partial charge in [-0.2, -0.15) is 0 Å². The number of hydrogen-bond donors (Lipinski definition) is 0. The summed E-state index contributed by atoms with van der Waals surface area (Å²) in [5.41, 5.74) is 0.328. The molecule has 78 valence electrons. The minimum atomic E-state index is -0.765. The second-order valence-electron chi connectivity index (χ2n) is 2.94. The summed E-state index contributed by atoms with van der Waals surface area (Å²) in [4.78, 5) is 0. The Morgan fingerprint density at radius 1 is 1.20 bits per heavy atom. The van der Waals surface area contributed by atoms with Crippen LogP contribution in [0.1, 0.15) is 5.56 Å². The fraction of sp³-hybridized carbons (Fsp3) is 0.111. The van der Waals surface area contributed by atoms with E-state index in [9.17, 15) is 8.78 Å². The monoisotopic (exact) mass is 230 g/mol. The van der Waals surface area contributed by atoms with Crippen molar-refractivity contribution >= 4 is 11.6 Å². The Labute approximate surface area is 88.7 Å². The normalized spacial score (nSPS) is 10.7. The van der Waals surface area contributed by atoms with E-state index >= 15 is 0 Å². The number of nitrogens with zero attached hydrogens (tertiary/aromatic N) is 2. The maximum Gasteiger partial charge on any atom is 0.313 e. The first-order valence-corrected chi connectivity index (χ1v) is 4.41. The minimum absolute atomic E-state index is 0.0355. The lowest BCUT2D eigenvalue weighted by Gasteiger charge is -2.00. The third-order valence-electron chi connectivity index (χ3n) is 1.88. The highest BCUT2D eigenvalue weighted by Crippen LogP contribution is 2.25. The van der Waals surface area contributed by atoms with Crippen LogP contribution in [-0.2, 0) is 0 Å². The van der Waals surface area contributed by atoms with Gasteiger partial charge in [-0.25, -0.2) is 8.78 Å². The SMILES string of the molecule is Cc1cc(-c2nnc(Cl)o2)c(F)cc1F. The number of benzene rings is 1. The van der Waals surface area contributed by atoms with Gasteiger partial charge < -0.3 is 4.42 Å². The molecule has 0 aliphatic heterocycles. The largest absolute Gasteiger partial charge is 0.407 e. The molecule has 0 unspecified atom stereocenters. The second kappa shape index (κ2) is 3.58. The maximum absolute atomic E-state index is 13.3. The van der Waals surface area contributed by atoms with Gasteiger partial charge in [0.15, 0.2) is 0 Å². The van der Waals surface area contributed by atoms with Gasteiger partial charge >= 0.3 is 5.35 Å².